The van der Waals surface area contributed by atoms with Gasteiger partial charge in [0.1, 0.15) is 0 Å². The molecule has 0 aliphatic heterocycles. The van der Waals surface area contributed by atoms with Crippen molar-refractivity contribution in [3.8, 4) is 0 Å². The van der Waals surface area contributed by atoms with Gasteiger partial charge in [0.05, 0.1) is 0 Å². The van der Waals surface area contributed by atoms with Crippen molar-refractivity contribution in [3.05, 3.63) is 34.4 Å². The van der Waals surface area contributed by atoms with Crippen LogP contribution in [0.4, 0.5) is 8.78 Å². The maximum Gasteiger partial charge on any atom is 0.374 e. The van der Waals surface area contributed by atoms with Gasteiger partial charge in [0.15, 0.2) is 0 Å². The molecule has 0 atom stereocenters. The van der Waals surface area contributed by atoms with Crippen LogP contribution in [-0.4, -0.2) is 17.0 Å². The van der Waals surface area contributed by atoms with Crippen molar-refractivity contribution in [1.29, 1.82) is 0 Å². The van der Waals surface area contributed by atoms with E-state index in [9.17, 15) is 13.6 Å². The standard InChI is InChI=1S/C12H14F2O2/c1-7-4-9(3)10(5-8(7)2)6-12(13,14)11(15)16/h4-5H,6H2,1-3H3,(H,15,16). The molecule has 0 saturated carbocycles. The maximum absolute atomic E-state index is 13.0. The highest BCUT2D eigenvalue weighted by molar-refractivity contribution is 5.75. The number of halogens is 2. The Morgan fingerprint density at radius 2 is 1.69 bits per heavy atom. The minimum absolute atomic E-state index is 0.385. The molecule has 0 bridgehead atoms. The summed E-state index contributed by atoms with van der Waals surface area (Å²) in [5, 5.41) is 8.37. The van der Waals surface area contributed by atoms with Gasteiger partial charge in [-0.05, 0) is 43.0 Å². The average molecular weight is 228 g/mol. The molecule has 1 aromatic rings. The molecule has 1 aromatic carbocycles. The Kier molecular flexibility index (Phi) is 3.31. The summed E-state index contributed by atoms with van der Waals surface area (Å²) in [6, 6.07) is 3.42. The van der Waals surface area contributed by atoms with Gasteiger partial charge in [-0.1, -0.05) is 12.1 Å². The summed E-state index contributed by atoms with van der Waals surface area (Å²) in [6.45, 7) is 5.42. The summed E-state index contributed by atoms with van der Waals surface area (Å²) in [6.07, 6.45) is -0.755. The van der Waals surface area contributed by atoms with Gasteiger partial charge < -0.3 is 5.11 Å². The van der Waals surface area contributed by atoms with Gasteiger partial charge in [-0.25, -0.2) is 4.79 Å². The number of aliphatic carboxylic acids is 1. The predicted octanol–water partition coefficient (Wildman–Crippen LogP) is 2.87. The lowest BCUT2D eigenvalue weighted by molar-refractivity contribution is -0.164. The van der Waals surface area contributed by atoms with Crippen molar-refractivity contribution in [2.24, 2.45) is 0 Å². The first-order valence-electron chi connectivity index (χ1n) is 4.92. The molecule has 0 saturated heterocycles. The average Bonchev–Trinajstić information content (AvgIpc) is 2.13. The number of carboxylic acids is 1. The highest BCUT2D eigenvalue weighted by Gasteiger charge is 2.39. The number of carboxylic acid groups (broad SMARTS) is 1. The van der Waals surface area contributed by atoms with E-state index >= 15 is 0 Å². The number of rotatable bonds is 3. The van der Waals surface area contributed by atoms with E-state index in [1.807, 2.05) is 13.8 Å². The lowest BCUT2D eigenvalue weighted by Gasteiger charge is -2.14. The Bertz CT molecular complexity index is 425. The first-order valence-corrected chi connectivity index (χ1v) is 4.92. The molecule has 0 fully saturated rings. The topological polar surface area (TPSA) is 37.3 Å². The van der Waals surface area contributed by atoms with E-state index in [-0.39, 0.29) is 0 Å². The molecular weight excluding hydrogens is 214 g/mol. The Morgan fingerprint density at radius 3 is 2.19 bits per heavy atom. The number of aryl methyl sites for hydroxylation is 3. The van der Waals surface area contributed by atoms with Gasteiger partial charge in [0, 0.05) is 6.42 Å². The minimum atomic E-state index is -3.70. The molecule has 16 heavy (non-hydrogen) atoms. The van der Waals surface area contributed by atoms with Crippen molar-refractivity contribution in [2.75, 3.05) is 0 Å². The van der Waals surface area contributed by atoms with E-state index in [0.29, 0.717) is 11.1 Å². The second kappa shape index (κ2) is 4.20. The normalized spacial score (nSPS) is 11.6. The van der Waals surface area contributed by atoms with Gasteiger partial charge in [0.25, 0.3) is 0 Å². The zero-order valence-corrected chi connectivity index (χ0v) is 9.47. The van der Waals surface area contributed by atoms with E-state index in [2.05, 4.69) is 0 Å². The second-order valence-corrected chi connectivity index (χ2v) is 4.05. The third-order valence-corrected chi connectivity index (χ3v) is 2.68. The fourth-order valence-corrected chi connectivity index (χ4v) is 1.53. The molecule has 0 heterocycles. The SMILES string of the molecule is Cc1cc(C)c(CC(F)(F)C(=O)O)cc1C. The first-order chi connectivity index (χ1) is 7.24. The lowest BCUT2D eigenvalue weighted by atomic mass is 9.96. The highest BCUT2D eigenvalue weighted by Crippen LogP contribution is 2.24. The van der Waals surface area contributed by atoms with Gasteiger partial charge >= 0.3 is 11.9 Å². The largest absolute Gasteiger partial charge is 0.477 e. The van der Waals surface area contributed by atoms with Gasteiger partial charge in [-0.15, -0.1) is 0 Å². The number of alkyl halides is 2. The molecule has 0 unspecified atom stereocenters. The van der Waals surface area contributed by atoms with Crippen LogP contribution in [0.2, 0.25) is 0 Å². The van der Waals surface area contributed by atoms with Crippen LogP contribution >= 0.6 is 0 Å². The molecule has 1 rings (SSSR count). The molecule has 0 aliphatic carbocycles. The van der Waals surface area contributed by atoms with Crippen LogP contribution in [0.3, 0.4) is 0 Å². The Balaban J connectivity index is 3.07. The number of benzene rings is 1. The molecule has 0 spiro atoms. The van der Waals surface area contributed by atoms with Crippen LogP contribution in [-0.2, 0) is 11.2 Å². The first kappa shape index (κ1) is 12.6. The van der Waals surface area contributed by atoms with Gasteiger partial charge in [-0.2, -0.15) is 8.78 Å². The summed E-state index contributed by atoms with van der Waals surface area (Å²) < 4.78 is 26.1. The fraction of sp³-hybridized carbons (Fsp3) is 0.417. The predicted molar refractivity (Wildman–Crippen MR) is 56.9 cm³/mol. The monoisotopic (exact) mass is 228 g/mol. The molecule has 2 nitrogen and oxygen atoms in total. The molecule has 88 valence electrons. The molecule has 0 radical (unpaired) electrons. The molecular formula is C12H14F2O2. The molecule has 0 aliphatic rings. The maximum atomic E-state index is 13.0. The fourth-order valence-electron chi connectivity index (χ4n) is 1.53. The van der Waals surface area contributed by atoms with Gasteiger partial charge in [0.2, 0.25) is 0 Å². The quantitative estimate of drug-likeness (QED) is 0.863. The van der Waals surface area contributed by atoms with Crippen molar-refractivity contribution in [2.45, 2.75) is 33.1 Å². The lowest BCUT2D eigenvalue weighted by Crippen LogP contribution is -2.31. The van der Waals surface area contributed by atoms with E-state index < -0.39 is 18.3 Å². The van der Waals surface area contributed by atoms with Gasteiger partial charge in [-0.3, -0.25) is 0 Å². The van der Waals surface area contributed by atoms with E-state index in [1.165, 1.54) is 0 Å². The highest BCUT2D eigenvalue weighted by atomic mass is 19.3. The van der Waals surface area contributed by atoms with Crippen LogP contribution in [0.15, 0.2) is 12.1 Å². The van der Waals surface area contributed by atoms with Crippen molar-refractivity contribution >= 4 is 5.97 Å². The van der Waals surface area contributed by atoms with Crippen molar-refractivity contribution in [3.63, 3.8) is 0 Å². The molecule has 4 heteroatoms. The molecule has 1 N–H and O–H groups in total. The van der Waals surface area contributed by atoms with E-state index in [0.717, 1.165) is 11.1 Å². The van der Waals surface area contributed by atoms with Crippen LogP contribution in [0.5, 0.6) is 0 Å². The Morgan fingerprint density at radius 1 is 1.19 bits per heavy atom. The van der Waals surface area contributed by atoms with E-state index in [1.54, 1.807) is 19.1 Å². The summed E-state index contributed by atoms with van der Waals surface area (Å²) in [5.74, 6) is -5.78. The second-order valence-electron chi connectivity index (χ2n) is 4.05. The van der Waals surface area contributed by atoms with Crippen LogP contribution in [0, 0.1) is 20.8 Å². The summed E-state index contributed by atoms with van der Waals surface area (Å²) >= 11 is 0. The number of hydrogen-bond acceptors (Lipinski definition) is 1. The summed E-state index contributed by atoms with van der Waals surface area (Å²) in [5.41, 5.74) is 2.99. The summed E-state index contributed by atoms with van der Waals surface area (Å²) in [7, 11) is 0. The zero-order chi connectivity index (χ0) is 12.5. The smallest absolute Gasteiger partial charge is 0.374 e. The summed E-state index contributed by atoms with van der Waals surface area (Å²) in [4.78, 5) is 10.3. The van der Waals surface area contributed by atoms with Crippen molar-refractivity contribution < 1.29 is 18.7 Å². The third-order valence-electron chi connectivity index (χ3n) is 2.68. The number of carbonyl (C=O) groups is 1. The Labute approximate surface area is 92.9 Å². The third kappa shape index (κ3) is 2.56. The zero-order valence-electron chi connectivity index (χ0n) is 9.47. The van der Waals surface area contributed by atoms with Crippen LogP contribution in [0.25, 0.3) is 0 Å². The molecule has 0 aromatic heterocycles. The molecule has 0 amide bonds. The van der Waals surface area contributed by atoms with E-state index in [4.69, 9.17) is 5.11 Å². The Hall–Kier alpha value is -1.45. The number of hydrogen-bond donors (Lipinski definition) is 1. The van der Waals surface area contributed by atoms with Crippen LogP contribution < -0.4 is 0 Å². The minimum Gasteiger partial charge on any atom is -0.477 e. The van der Waals surface area contributed by atoms with Crippen LogP contribution in [0.1, 0.15) is 22.3 Å². The van der Waals surface area contributed by atoms with Crippen molar-refractivity contribution in [1.82, 2.24) is 0 Å².